The van der Waals surface area contributed by atoms with Crippen LogP contribution in [0, 0.1) is 6.92 Å². The summed E-state index contributed by atoms with van der Waals surface area (Å²) in [6.07, 6.45) is 1.11. The van der Waals surface area contributed by atoms with Gasteiger partial charge in [0, 0.05) is 17.8 Å². The predicted octanol–water partition coefficient (Wildman–Crippen LogP) is 6.03. The zero-order valence-electron chi connectivity index (χ0n) is 21.2. The minimum atomic E-state index is -3.86. The van der Waals surface area contributed by atoms with Gasteiger partial charge in [-0.05, 0) is 61.7 Å². The predicted molar refractivity (Wildman–Crippen MR) is 151 cm³/mol. The Morgan fingerprint density at radius 3 is 2.00 bits per heavy atom. The van der Waals surface area contributed by atoms with Gasteiger partial charge in [-0.2, -0.15) is 0 Å². The van der Waals surface area contributed by atoms with Crippen molar-refractivity contribution >= 4 is 33.1 Å². The van der Waals surface area contributed by atoms with Crippen LogP contribution in [0.25, 0.3) is 0 Å². The average Bonchev–Trinajstić information content (AvgIpc) is 2.93. The number of nitrogens with zero attached hydrogens (tertiary/aromatic N) is 1. The lowest BCUT2D eigenvalue weighted by atomic mass is 10.1. The van der Waals surface area contributed by atoms with Crippen LogP contribution in [0.15, 0.2) is 114 Å². The summed E-state index contributed by atoms with van der Waals surface area (Å²) in [4.78, 5) is 24.8. The standard InChI is InChI=1S/C31H30N2O4S/c1-24-14-18-28(19-15-24)33(22-8-11-25-9-4-2-5-10-25)38(36,37)29-20-16-27(17-21-29)32-31(35)23-30(34)26-12-6-3-7-13-26/h2-7,9-10,12-21H,8,11,22-23H2,1H3,(H,32,35). The van der Waals surface area contributed by atoms with Gasteiger partial charge in [0.1, 0.15) is 0 Å². The Kier molecular flexibility index (Phi) is 8.71. The maximum Gasteiger partial charge on any atom is 0.264 e. The summed E-state index contributed by atoms with van der Waals surface area (Å²) in [5.74, 6) is -0.747. The van der Waals surface area contributed by atoms with E-state index in [2.05, 4.69) is 5.32 Å². The van der Waals surface area contributed by atoms with Gasteiger partial charge in [-0.3, -0.25) is 13.9 Å². The first kappa shape index (κ1) is 26.8. The van der Waals surface area contributed by atoms with Crippen molar-refractivity contribution in [2.24, 2.45) is 0 Å². The van der Waals surface area contributed by atoms with Crippen molar-refractivity contribution in [3.05, 3.63) is 126 Å². The molecule has 0 atom stereocenters. The third-order valence-electron chi connectivity index (χ3n) is 6.13. The number of ketones is 1. The third kappa shape index (κ3) is 6.95. The Balaban J connectivity index is 1.47. The van der Waals surface area contributed by atoms with E-state index in [1.165, 1.54) is 28.6 Å². The van der Waals surface area contributed by atoms with E-state index in [-0.39, 0.29) is 17.1 Å². The molecule has 1 amide bonds. The zero-order valence-corrected chi connectivity index (χ0v) is 22.0. The summed E-state index contributed by atoms with van der Waals surface area (Å²) in [7, 11) is -3.86. The van der Waals surface area contributed by atoms with Crippen LogP contribution in [0.1, 0.15) is 34.3 Å². The molecule has 0 aliphatic carbocycles. The van der Waals surface area contributed by atoms with E-state index >= 15 is 0 Å². The van der Waals surface area contributed by atoms with Crippen LogP contribution in [-0.2, 0) is 21.2 Å². The van der Waals surface area contributed by atoms with Crippen LogP contribution in [-0.4, -0.2) is 26.7 Å². The summed E-state index contributed by atoms with van der Waals surface area (Å²) in [6.45, 7) is 2.28. The van der Waals surface area contributed by atoms with E-state index in [1.807, 2.05) is 61.5 Å². The molecule has 0 saturated carbocycles. The SMILES string of the molecule is Cc1ccc(N(CCCc2ccccc2)S(=O)(=O)c2ccc(NC(=O)CC(=O)c3ccccc3)cc2)cc1. The molecule has 4 aromatic carbocycles. The molecule has 7 heteroatoms. The molecule has 4 rings (SSSR count). The second-order valence-corrected chi connectivity index (χ2v) is 10.9. The molecule has 0 fully saturated rings. The Labute approximate surface area is 224 Å². The van der Waals surface area contributed by atoms with Crippen LogP contribution < -0.4 is 9.62 Å². The van der Waals surface area contributed by atoms with Gasteiger partial charge in [0.25, 0.3) is 10.0 Å². The summed E-state index contributed by atoms with van der Waals surface area (Å²) < 4.78 is 28.8. The topological polar surface area (TPSA) is 83.6 Å². The molecule has 0 aromatic heterocycles. The highest BCUT2D eigenvalue weighted by molar-refractivity contribution is 7.92. The molecule has 0 spiro atoms. The van der Waals surface area contributed by atoms with E-state index < -0.39 is 15.9 Å². The van der Waals surface area contributed by atoms with E-state index in [4.69, 9.17) is 0 Å². The van der Waals surface area contributed by atoms with Crippen molar-refractivity contribution < 1.29 is 18.0 Å². The maximum atomic E-state index is 13.7. The normalized spacial score (nSPS) is 11.1. The highest BCUT2D eigenvalue weighted by Gasteiger charge is 2.25. The van der Waals surface area contributed by atoms with Crippen molar-refractivity contribution in [3.8, 4) is 0 Å². The number of anilines is 2. The first-order valence-electron chi connectivity index (χ1n) is 12.4. The van der Waals surface area contributed by atoms with E-state index in [0.717, 1.165) is 17.5 Å². The molecular formula is C31H30N2O4S. The molecule has 0 heterocycles. The van der Waals surface area contributed by atoms with E-state index in [9.17, 15) is 18.0 Å². The number of nitrogens with one attached hydrogen (secondary N) is 1. The molecular weight excluding hydrogens is 496 g/mol. The van der Waals surface area contributed by atoms with Crippen molar-refractivity contribution in [3.63, 3.8) is 0 Å². The van der Waals surface area contributed by atoms with Crippen LogP contribution in [0.4, 0.5) is 11.4 Å². The highest BCUT2D eigenvalue weighted by atomic mass is 32.2. The fourth-order valence-electron chi connectivity index (χ4n) is 4.09. The van der Waals surface area contributed by atoms with Crippen LogP contribution in [0.2, 0.25) is 0 Å². The van der Waals surface area contributed by atoms with Crippen LogP contribution in [0.5, 0.6) is 0 Å². The van der Waals surface area contributed by atoms with Gasteiger partial charge in [0.2, 0.25) is 5.91 Å². The van der Waals surface area contributed by atoms with Gasteiger partial charge in [-0.15, -0.1) is 0 Å². The lowest BCUT2D eigenvalue weighted by Gasteiger charge is -2.25. The second-order valence-electron chi connectivity index (χ2n) is 9.04. The summed E-state index contributed by atoms with van der Waals surface area (Å²) in [5.41, 5.74) is 3.68. The third-order valence-corrected chi connectivity index (χ3v) is 7.98. The van der Waals surface area contributed by atoms with Crippen molar-refractivity contribution in [1.29, 1.82) is 0 Å². The number of rotatable bonds is 11. The van der Waals surface area contributed by atoms with Gasteiger partial charge in [0.15, 0.2) is 5.78 Å². The van der Waals surface area contributed by atoms with Crippen LogP contribution in [0.3, 0.4) is 0 Å². The summed E-state index contributed by atoms with van der Waals surface area (Å²) >= 11 is 0. The number of sulfonamides is 1. The molecule has 194 valence electrons. The van der Waals surface area contributed by atoms with Gasteiger partial charge < -0.3 is 5.32 Å². The summed E-state index contributed by atoms with van der Waals surface area (Å²) in [6, 6.07) is 32.0. The van der Waals surface area contributed by atoms with Gasteiger partial charge in [-0.25, -0.2) is 8.42 Å². The zero-order chi connectivity index (χ0) is 27.0. The molecule has 0 unspecified atom stereocenters. The quantitative estimate of drug-likeness (QED) is 0.191. The molecule has 0 bridgehead atoms. The number of aryl methyl sites for hydroxylation is 2. The Morgan fingerprint density at radius 1 is 0.763 bits per heavy atom. The molecule has 1 N–H and O–H groups in total. The van der Waals surface area contributed by atoms with Gasteiger partial charge in [-0.1, -0.05) is 78.4 Å². The van der Waals surface area contributed by atoms with E-state index in [1.54, 1.807) is 30.3 Å². The monoisotopic (exact) mass is 526 g/mol. The maximum absolute atomic E-state index is 13.7. The van der Waals surface area contributed by atoms with E-state index in [0.29, 0.717) is 29.9 Å². The minimum Gasteiger partial charge on any atom is -0.326 e. The molecule has 0 aliphatic heterocycles. The second kappa shape index (κ2) is 12.3. The summed E-state index contributed by atoms with van der Waals surface area (Å²) in [5, 5.41) is 2.67. The first-order valence-corrected chi connectivity index (χ1v) is 13.9. The lowest BCUT2D eigenvalue weighted by Crippen LogP contribution is -2.32. The Morgan fingerprint density at radius 2 is 1.37 bits per heavy atom. The molecule has 4 aromatic rings. The van der Waals surface area contributed by atoms with Crippen molar-refractivity contribution in [2.45, 2.75) is 31.1 Å². The van der Waals surface area contributed by atoms with Crippen LogP contribution >= 0.6 is 0 Å². The smallest absolute Gasteiger partial charge is 0.264 e. The number of amides is 1. The first-order chi connectivity index (χ1) is 18.3. The van der Waals surface area contributed by atoms with Crippen molar-refractivity contribution in [2.75, 3.05) is 16.2 Å². The fourth-order valence-corrected chi connectivity index (χ4v) is 5.59. The van der Waals surface area contributed by atoms with Gasteiger partial charge >= 0.3 is 0 Å². The molecule has 0 saturated heterocycles. The number of Topliss-reactive ketones (excluding diaryl/α,β-unsaturated/α-hetero) is 1. The lowest BCUT2D eigenvalue weighted by molar-refractivity contribution is -0.115. The molecule has 38 heavy (non-hydrogen) atoms. The Bertz CT molecular complexity index is 1470. The number of carbonyl (C=O) groups excluding carboxylic acids is 2. The van der Waals surface area contributed by atoms with Crippen molar-refractivity contribution in [1.82, 2.24) is 0 Å². The Hall–Kier alpha value is -4.23. The minimum absolute atomic E-state index is 0.121. The molecule has 0 aliphatic rings. The number of hydrogen-bond donors (Lipinski definition) is 1. The number of carbonyl (C=O) groups is 2. The largest absolute Gasteiger partial charge is 0.326 e. The number of benzene rings is 4. The molecule has 0 radical (unpaired) electrons. The highest BCUT2D eigenvalue weighted by Crippen LogP contribution is 2.26. The fraction of sp³-hybridized carbons (Fsp3) is 0.161. The average molecular weight is 527 g/mol. The molecule has 6 nitrogen and oxygen atoms in total. The number of hydrogen-bond acceptors (Lipinski definition) is 4. The van der Waals surface area contributed by atoms with Gasteiger partial charge in [0.05, 0.1) is 17.0 Å².